The number of nitrogens with one attached hydrogen (secondary N) is 1. The van der Waals surface area contributed by atoms with Gasteiger partial charge in [-0.05, 0) is 43.5 Å². The van der Waals surface area contributed by atoms with Crippen LogP contribution in [0.1, 0.15) is 37.9 Å². The predicted molar refractivity (Wildman–Crippen MR) is 101 cm³/mol. The Hall–Kier alpha value is -1.46. The number of hydrogen-bond donors (Lipinski definition) is 2. The molecule has 6 heteroatoms. The van der Waals surface area contributed by atoms with E-state index in [0.717, 1.165) is 46.5 Å². The summed E-state index contributed by atoms with van der Waals surface area (Å²) in [6.07, 6.45) is 2.94. The third kappa shape index (κ3) is 4.75. The quantitative estimate of drug-likeness (QED) is 0.449. The highest BCUT2D eigenvalue weighted by molar-refractivity contribution is 8.13. The maximum absolute atomic E-state index is 7.66. The number of fused-ring (bicyclic) bond motifs is 1. The Morgan fingerprint density at radius 2 is 2.04 bits per heavy atom. The third-order valence-electron chi connectivity index (χ3n) is 3.40. The summed E-state index contributed by atoms with van der Waals surface area (Å²) in [5.74, 6) is 0.841. The Kier molecular flexibility index (Phi) is 7.65. The zero-order chi connectivity index (χ0) is 16.1. The first kappa shape index (κ1) is 19.6. The Morgan fingerprint density at radius 1 is 1.30 bits per heavy atom. The van der Waals surface area contributed by atoms with Crippen LogP contribution in [-0.4, -0.2) is 16.8 Å². The molecule has 1 heterocycles. The second-order valence-electron chi connectivity index (χ2n) is 5.25. The second-order valence-corrected chi connectivity index (χ2v) is 6.30. The SMILES string of the molecule is CCCOc1ccc2nc(C)c(CCC)c(SC(=N)N)c2c1.Cl. The molecule has 1 aromatic heterocycles. The van der Waals surface area contributed by atoms with E-state index >= 15 is 0 Å². The van der Waals surface area contributed by atoms with Crippen molar-refractivity contribution in [3.63, 3.8) is 0 Å². The van der Waals surface area contributed by atoms with E-state index in [1.165, 1.54) is 17.3 Å². The van der Waals surface area contributed by atoms with Crippen molar-refractivity contribution in [2.24, 2.45) is 5.73 Å². The number of ether oxygens (including phenoxy) is 1. The first-order valence-electron chi connectivity index (χ1n) is 7.64. The lowest BCUT2D eigenvalue weighted by Gasteiger charge is -2.15. The predicted octanol–water partition coefficient (Wildman–Crippen LogP) is 4.69. The summed E-state index contributed by atoms with van der Waals surface area (Å²) in [6, 6.07) is 5.95. The molecular weight excluding hydrogens is 330 g/mol. The van der Waals surface area contributed by atoms with Gasteiger partial charge in [0.15, 0.2) is 5.17 Å². The van der Waals surface area contributed by atoms with Crippen LogP contribution in [0.2, 0.25) is 0 Å². The monoisotopic (exact) mass is 353 g/mol. The number of hydrogen-bond acceptors (Lipinski definition) is 4. The molecule has 1 aromatic carbocycles. The van der Waals surface area contributed by atoms with Crippen LogP contribution in [0.4, 0.5) is 0 Å². The fourth-order valence-electron chi connectivity index (χ4n) is 2.45. The minimum atomic E-state index is 0. The Balaban J connectivity index is 0.00000264. The zero-order valence-electron chi connectivity index (χ0n) is 13.8. The maximum Gasteiger partial charge on any atom is 0.155 e. The Labute approximate surface area is 148 Å². The summed E-state index contributed by atoms with van der Waals surface area (Å²) in [5, 5.41) is 8.78. The number of benzene rings is 1. The number of aromatic nitrogens is 1. The molecule has 0 aliphatic rings. The molecule has 0 bridgehead atoms. The van der Waals surface area contributed by atoms with E-state index in [4.69, 9.17) is 20.9 Å². The van der Waals surface area contributed by atoms with Crippen LogP contribution in [0.5, 0.6) is 5.75 Å². The molecule has 0 saturated heterocycles. The molecule has 0 atom stereocenters. The van der Waals surface area contributed by atoms with Gasteiger partial charge in [-0.3, -0.25) is 10.4 Å². The Morgan fingerprint density at radius 3 is 2.65 bits per heavy atom. The topological polar surface area (TPSA) is 72.0 Å². The van der Waals surface area contributed by atoms with E-state index < -0.39 is 0 Å². The van der Waals surface area contributed by atoms with Gasteiger partial charge in [-0.15, -0.1) is 12.4 Å². The number of aryl methyl sites for hydroxylation is 1. The second kappa shape index (κ2) is 8.99. The van der Waals surface area contributed by atoms with Crippen LogP contribution in [-0.2, 0) is 6.42 Å². The van der Waals surface area contributed by atoms with Gasteiger partial charge in [0.05, 0.1) is 12.1 Å². The fourth-order valence-corrected chi connectivity index (χ4v) is 3.32. The van der Waals surface area contributed by atoms with Crippen LogP contribution in [0.25, 0.3) is 10.9 Å². The van der Waals surface area contributed by atoms with Gasteiger partial charge in [0.1, 0.15) is 5.75 Å². The van der Waals surface area contributed by atoms with Crippen LogP contribution in [0.15, 0.2) is 23.1 Å². The van der Waals surface area contributed by atoms with Gasteiger partial charge < -0.3 is 10.5 Å². The van der Waals surface area contributed by atoms with Gasteiger partial charge >= 0.3 is 0 Å². The lowest BCUT2D eigenvalue weighted by atomic mass is 10.1. The van der Waals surface area contributed by atoms with Gasteiger partial charge in [-0.2, -0.15) is 0 Å². The molecule has 0 unspecified atom stereocenters. The standard InChI is InChI=1S/C17H23N3OS.ClH/c1-4-6-13-11(3)20-15-8-7-12(21-9-5-2)10-14(15)16(13)22-17(18)19;/h7-8,10H,4-6,9H2,1-3H3,(H3,18,19);1H. The van der Waals surface area contributed by atoms with E-state index in [9.17, 15) is 0 Å². The van der Waals surface area contributed by atoms with Crippen molar-refractivity contribution < 1.29 is 4.74 Å². The van der Waals surface area contributed by atoms with E-state index in [0.29, 0.717) is 6.61 Å². The largest absolute Gasteiger partial charge is 0.494 e. The van der Waals surface area contributed by atoms with Crippen LogP contribution < -0.4 is 10.5 Å². The summed E-state index contributed by atoms with van der Waals surface area (Å²) in [5.41, 5.74) is 8.76. The summed E-state index contributed by atoms with van der Waals surface area (Å²) in [6.45, 7) is 6.95. The highest BCUT2D eigenvalue weighted by atomic mass is 35.5. The van der Waals surface area contributed by atoms with Gasteiger partial charge in [-0.25, -0.2) is 0 Å². The maximum atomic E-state index is 7.66. The summed E-state index contributed by atoms with van der Waals surface area (Å²) in [7, 11) is 0. The number of amidine groups is 1. The molecule has 0 aliphatic heterocycles. The van der Waals surface area contributed by atoms with Crippen molar-refractivity contribution in [2.75, 3.05) is 6.61 Å². The number of nitrogens with two attached hydrogens (primary N) is 1. The number of pyridine rings is 1. The normalized spacial score (nSPS) is 10.4. The van der Waals surface area contributed by atoms with Gasteiger partial charge in [0, 0.05) is 16.0 Å². The van der Waals surface area contributed by atoms with Crippen LogP contribution in [0, 0.1) is 12.3 Å². The molecule has 23 heavy (non-hydrogen) atoms. The summed E-state index contributed by atoms with van der Waals surface area (Å²) >= 11 is 1.31. The molecule has 0 aliphatic carbocycles. The fraction of sp³-hybridized carbons (Fsp3) is 0.412. The average molecular weight is 354 g/mol. The van der Waals surface area contributed by atoms with E-state index in [-0.39, 0.29) is 17.6 Å². The van der Waals surface area contributed by atoms with Crippen molar-refractivity contribution in [3.05, 3.63) is 29.5 Å². The highest BCUT2D eigenvalue weighted by Gasteiger charge is 2.14. The smallest absolute Gasteiger partial charge is 0.155 e. The first-order valence-corrected chi connectivity index (χ1v) is 8.46. The molecular formula is C17H24ClN3OS. The minimum absolute atomic E-state index is 0. The molecule has 0 spiro atoms. The molecule has 4 nitrogen and oxygen atoms in total. The van der Waals surface area contributed by atoms with Crippen molar-refractivity contribution in [1.29, 1.82) is 5.41 Å². The Bertz CT molecular complexity index is 691. The molecule has 0 saturated carbocycles. The lowest BCUT2D eigenvalue weighted by Crippen LogP contribution is -2.06. The van der Waals surface area contributed by atoms with Crippen molar-refractivity contribution in [3.8, 4) is 5.75 Å². The number of nitrogens with zero attached hydrogens (tertiary/aromatic N) is 1. The first-order chi connectivity index (χ1) is 10.6. The molecule has 2 rings (SSSR count). The minimum Gasteiger partial charge on any atom is -0.494 e. The van der Waals surface area contributed by atoms with Crippen molar-refractivity contribution >= 4 is 40.2 Å². The molecule has 126 valence electrons. The van der Waals surface area contributed by atoms with Crippen LogP contribution in [0.3, 0.4) is 0 Å². The van der Waals surface area contributed by atoms with Gasteiger partial charge in [0.2, 0.25) is 0 Å². The van der Waals surface area contributed by atoms with E-state index in [1.54, 1.807) is 0 Å². The molecule has 0 fully saturated rings. The molecule has 3 N–H and O–H groups in total. The van der Waals surface area contributed by atoms with Crippen molar-refractivity contribution in [2.45, 2.75) is 44.9 Å². The van der Waals surface area contributed by atoms with Crippen LogP contribution >= 0.6 is 24.2 Å². The lowest BCUT2D eigenvalue weighted by molar-refractivity contribution is 0.318. The molecule has 0 amide bonds. The van der Waals surface area contributed by atoms with Gasteiger partial charge in [-0.1, -0.05) is 32.0 Å². The highest BCUT2D eigenvalue weighted by Crippen LogP contribution is 2.34. The van der Waals surface area contributed by atoms with Gasteiger partial charge in [0.25, 0.3) is 0 Å². The third-order valence-corrected chi connectivity index (χ3v) is 4.29. The average Bonchev–Trinajstić information content (AvgIpc) is 2.48. The van der Waals surface area contributed by atoms with Crippen molar-refractivity contribution in [1.82, 2.24) is 4.98 Å². The molecule has 0 radical (unpaired) electrons. The number of thioether (sulfide) groups is 1. The van der Waals surface area contributed by atoms with E-state index in [1.807, 2.05) is 25.1 Å². The summed E-state index contributed by atoms with van der Waals surface area (Å²) in [4.78, 5) is 5.74. The summed E-state index contributed by atoms with van der Waals surface area (Å²) < 4.78 is 5.73. The molecule has 2 aromatic rings. The zero-order valence-corrected chi connectivity index (χ0v) is 15.4. The number of rotatable bonds is 6. The number of halogens is 1. The van der Waals surface area contributed by atoms with E-state index in [2.05, 4.69) is 13.8 Å².